The van der Waals surface area contributed by atoms with Crippen molar-refractivity contribution in [2.24, 2.45) is 0 Å². The van der Waals surface area contributed by atoms with Crippen LogP contribution < -0.4 is 0 Å². The number of benzene rings is 6. The summed E-state index contributed by atoms with van der Waals surface area (Å²) in [6.07, 6.45) is 1.70. The third-order valence-electron chi connectivity index (χ3n) is 9.76. The normalized spacial score (nSPS) is 15.6. The second-order valence-corrected chi connectivity index (χ2v) is 13.7. The molecule has 0 saturated carbocycles. The number of hydrogen-bond acceptors (Lipinski definition) is 3. The minimum atomic E-state index is -3.45. The second-order valence-electron chi connectivity index (χ2n) is 13.7. The van der Waals surface area contributed by atoms with E-state index in [0.717, 1.165) is 27.8 Å². The summed E-state index contributed by atoms with van der Waals surface area (Å²) < 4.78 is 100. The summed E-state index contributed by atoms with van der Waals surface area (Å²) in [4.78, 5) is 10.0. The molecule has 0 amide bonds. The summed E-state index contributed by atoms with van der Waals surface area (Å²) in [7, 11) is 0. The van der Waals surface area contributed by atoms with Crippen molar-refractivity contribution in [3.05, 3.63) is 167 Å². The third kappa shape index (κ3) is 7.32. The summed E-state index contributed by atoms with van der Waals surface area (Å²) in [5.41, 5.74) is 6.46. The van der Waals surface area contributed by atoms with Crippen LogP contribution in [0.5, 0.6) is 5.75 Å². The Kier molecular flexibility index (Phi) is 6.92. The fourth-order valence-corrected chi connectivity index (χ4v) is 7.08. The van der Waals surface area contributed by atoms with Gasteiger partial charge in [0.1, 0.15) is 11.6 Å². The average Bonchev–Trinajstić information content (AvgIpc) is 3.63. The van der Waals surface area contributed by atoms with Gasteiger partial charge in [-0.05, 0) is 96.2 Å². The smallest absolute Gasteiger partial charge is 0.148 e. The molecule has 8 aromatic rings. The van der Waals surface area contributed by atoms with E-state index in [1.165, 1.54) is 18.2 Å². The summed E-state index contributed by atoms with van der Waals surface area (Å²) in [5.74, 6) is 0.308. The predicted octanol–water partition coefficient (Wildman–Crippen LogP) is 12.8. The van der Waals surface area contributed by atoms with Crippen LogP contribution in [0.2, 0.25) is 0 Å². The van der Waals surface area contributed by atoms with Gasteiger partial charge < -0.3 is 5.11 Å². The van der Waals surface area contributed by atoms with Crippen molar-refractivity contribution in [1.82, 2.24) is 14.5 Å². The molecule has 0 saturated heterocycles. The number of phenolic OH excluding ortho intramolecular Hbond substituents is 1. The van der Waals surface area contributed by atoms with Crippen molar-refractivity contribution >= 4 is 11.0 Å². The molecule has 55 heavy (non-hydrogen) atoms. The Morgan fingerprint density at radius 1 is 0.655 bits per heavy atom. The van der Waals surface area contributed by atoms with Gasteiger partial charge in [0, 0.05) is 49.4 Å². The molecule has 0 aliphatic rings. The molecule has 0 spiro atoms. The Balaban J connectivity index is 0.00000666. The van der Waals surface area contributed by atoms with Crippen LogP contribution in [0.1, 0.15) is 64.8 Å². The Labute approximate surface area is 355 Å². The summed E-state index contributed by atoms with van der Waals surface area (Å²) in [5, 5.41) is 11.6. The van der Waals surface area contributed by atoms with Gasteiger partial charge in [-0.3, -0.25) is 9.55 Å². The van der Waals surface area contributed by atoms with Gasteiger partial charge in [0.2, 0.25) is 0 Å². The van der Waals surface area contributed by atoms with Gasteiger partial charge >= 0.3 is 0 Å². The first kappa shape index (κ1) is 25.5. The topological polar surface area (TPSA) is 50.9 Å². The number of aryl methyl sites for hydroxylation is 4. The fourth-order valence-electron chi connectivity index (χ4n) is 7.08. The summed E-state index contributed by atoms with van der Waals surface area (Å²) >= 11 is 0. The first-order valence-electron chi connectivity index (χ1n) is 23.5. The monoisotopic (exact) mass is 909 g/mol. The van der Waals surface area contributed by atoms with E-state index in [4.69, 9.17) is 26.4 Å². The Hall–Kier alpha value is -5.57. The van der Waals surface area contributed by atoms with Crippen LogP contribution in [0.25, 0.3) is 72.7 Å². The quantitative estimate of drug-likeness (QED) is 0.169. The number of aromatic hydroxyl groups is 1. The van der Waals surface area contributed by atoms with Gasteiger partial charge in [0.05, 0.1) is 22.3 Å². The van der Waals surface area contributed by atoms with Gasteiger partial charge in [0.25, 0.3) is 0 Å². The number of pyridine rings is 1. The molecule has 0 radical (unpaired) electrons. The fraction of sp³-hybridized carbons (Fsp3) is 0.160. The molecule has 0 aliphatic carbocycles. The number of imidazole rings is 1. The number of hydrogen-bond donors (Lipinski definition) is 1. The van der Waals surface area contributed by atoms with Crippen molar-refractivity contribution in [3.8, 4) is 67.5 Å². The van der Waals surface area contributed by atoms with E-state index < -0.39 is 32.8 Å². The van der Waals surface area contributed by atoms with Crippen LogP contribution in [-0.4, -0.2) is 19.6 Å². The molecule has 2 aromatic heterocycles. The van der Waals surface area contributed by atoms with E-state index in [9.17, 15) is 5.11 Å². The number of phenols is 1. The average molecular weight is 910 g/mol. The van der Waals surface area contributed by atoms with Crippen LogP contribution in [0.3, 0.4) is 0 Å². The molecule has 5 heteroatoms. The molecule has 0 fully saturated rings. The summed E-state index contributed by atoms with van der Waals surface area (Å²) in [6.45, 7) is -7.25. The molecule has 8 rings (SSSR count). The number of fused-ring (bicyclic) bond motifs is 1. The summed E-state index contributed by atoms with van der Waals surface area (Å²) in [6, 6.07) is 41.3. The maximum Gasteiger partial charge on any atom is 0.148 e. The van der Waals surface area contributed by atoms with E-state index >= 15 is 0 Å². The van der Waals surface area contributed by atoms with Crippen molar-refractivity contribution in [2.45, 2.75) is 53.6 Å². The minimum absolute atomic E-state index is 0. The van der Waals surface area contributed by atoms with E-state index in [-0.39, 0.29) is 37.9 Å². The largest absolute Gasteiger partial charge is 0.507 e. The maximum absolute atomic E-state index is 11.6. The molecule has 276 valence electrons. The molecule has 1 N–H and O–H groups in total. The first-order chi connectivity index (χ1) is 30.9. The first-order valence-corrected chi connectivity index (χ1v) is 17.5. The van der Waals surface area contributed by atoms with Gasteiger partial charge in [0.15, 0.2) is 0 Å². The number of aromatic nitrogens is 3. The number of para-hydroxylation sites is 1. The van der Waals surface area contributed by atoms with E-state index in [2.05, 4.69) is 6.07 Å². The van der Waals surface area contributed by atoms with Crippen molar-refractivity contribution in [2.75, 3.05) is 0 Å². The Morgan fingerprint density at radius 2 is 1.42 bits per heavy atom. The Morgan fingerprint density at radius 3 is 2.16 bits per heavy atom. The zero-order chi connectivity index (χ0) is 47.7. The van der Waals surface area contributed by atoms with Crippen LogP contribution >= 0.6 is 0 Å². The van der Waals surface area contributed by atoms with Crippen molar-refractivity contribution in [3.63, 3.8) is 0 Å². The van der Waals surface area contributed by atoms with Crippen LogP contribution in [-0.2, 0) is 26.5 Å². The zero-order valence-corrected chi connectivity index (χ0v) is 32.6. The zero-order valence-electron chi connectivity index (χ0n) is 42.3. The molecule has 0 atom stereocenters. The van der Waals surface area contributed by atoms with E-state index in [0.29, 0.717) is 61.6 Å². The molecule has 6 aromatic carbocycles. The molecule has 0 unspecified atom stereocenters. The van der Waals surface area contributed by atoms with Crippen molar-refractivity contribution < 1.29 is 42.6 Å². The van der Waals surface area contributed by atoms with Crippen LogP contribution in [0.4, 0.5) is 0 Å². The van der Waals surface area contributed by atoms with Gasteiger partial charge in [-0.25, -0.2) is 4.98 Å². The Bertz CT molecular complexity index is 3100. The SMILES string of the molecule is [2H]C([2H])([2H])c1ccc(-c2ccnc(-c3[c-]c(-c4cccc5c4nc(-c4cc(C)cc(C)c4O)n5-c4ccc(C(C([2H])([2H])[2H])(C([2H])([2H])[2H])C([2H])([2H])[2H])cc4C)cc(-c4ccccc4)c3)c2)cc1.[Pt]. The van der Waals surface area contributed by atoms with E-state index in [1.807, 2.05) is 91.9 Å². The third-order valence-corrected chi connectivity index (χ3v) is 9.76. The second kappa shape index (κ2) is 14.9. The van der Waals surface area contributed by atoms with Gasteiger partial charge in [-0.2, -0.15) is 0 Å². The predicted molar refractivity (Wildman–Crippen MR) is 224 cm³/mol. The molecule has 4 nitrogen and oxygen atoms in total. The van der Waals surface area contributed by atoms with Crippen LogP contribution in [0.15, 0.2) is 134 Å². The molecule has 2 heterocycles. The van der Waals surface area contributed by atoms with Crippen LogP contribution in [0, 0.1) is 33.7 Å². The molecule has 0 aliphatic heterocycles. The number of rotatable bonds is 6. The molecular formula is C50H44N3OPt-. The van der Waals surface area contributed by atoms with E-state index in [1.54, 1.807) is 48.9 Å². The standard InChI is InChI=1S/C50H44N3O.Pt/c1-31-16-18-36(19-17-31)37-22-23-51-44(30-37)40-28-38(35-12-9-8-10-13-35)27-39(29-40)42-14-11-15-46-47(42)52-49(43-25-32(2)24-34(4)48(43)54)53(46)45-21-20-41(26-33(45)3)50(5,6)7;/h8-28,30,54H,1-7H3;/q-1;/i1D3,5D3,6D3,7D3;. The molecule has 0 bridgehead atoms. The minimum Gasteiger partial charge on any atom is -0.507 e. The maximum atomic E-state index is 11.6. The molecular weight excluding hydrogens is 854 g/mol. The van der Waals surface area contributed by atoms with Gasteiger partial charge in [-0.1, -0.05) is 134 Å². The van der Waals surface area contributed by atoms with Gasteiger partial charge in [-0.15, -0.1) is 23.8 Å². The van der Waals surface area contributed by atoms with Crippen molar-refractivity contribution in [1.29, 1.82) is 0 Å². The number of nitrogens with zero attached hydrogens (tertiary/aromatic N) is 3.